The lowest BCUT2D eigenvalue weighted by Crippen LogP contribution is -2.49. The zero-order chi connectivity index (χ0) is 17.6. The van der Waals surface area contributed by atoms with Gasteiger partial charge in [-0.15, -0.1) is 0 Å². The standard InChI is InChI=1S/C17H25FN4O3/c1-2-21-3-8-25-15(12-21)17(23)20-11-13-9-14(18)16(19-10-13)22-4-6-24-7-5-22/h9-10,15H,2-8,11-12H2,1H3,(H,20,23). The molecule has 7 nitrogen and oxygen atoms in total. The zero-order valence-corrected chi connectivity index (χ0v) is 14.5. The van der Waals surface area contributed by atoms with E-state index in [9.17, 15) is 9.18 Å². The number of ether oxygens (including phenoxy) is 2. The molecule has 2 aliphatic rings. The van der Waals surface area contributed by atoms with Crippen LogP contribution >= 0.6 is 0 Å². The van der Waals surface area contributed by atoms with Crippen molar-refractivity contribution in [3.8, 4) is 0 Å². The summed E-state index contributed by atoms with van der Waals surface area (Å²) in [5.74, 6) is -0.205. The maximum atomic E-state index is 14.3. The van der Waals surface area contributed by atoms with Gasteiger partial charge in [-0.1, -0.05) is 6.92 Å². The largest absolute Gasteiger partial charge is 0.378 e. The minimum absolute atomic E-state index is 0.171. The lowest BCUT2D eigenvalue weighted by molar-refractivity contribution is -0.138. The van der Waals surface area contributed by atoms with Gasteiger partial charge in [0.2, 0.25) is 0 Å². The van der Waals surface area contributed by atoms with Gasteiger partial charge in [-0.3, -0.25) is 9.69 Å². The van der Waals surface area contributed by atoms with E-state index in [2.05, 4.69) is 22.1 Å². The molecule has 2 fully saturated rings. The fourth-order valence-corrected chi connectivity index (χ4v) is 3.03. The Morgan fingerprint density at radius 2 is 2.16 bits per heavy atom. The number of carbonyl (C=O) groups excluding carboxylic acids is 1. The van der Waals surface area contributed by atoms with Crippen LogP contribution in [0.2, 0.25) is 0 Å². The molecule has 1 aromatic heterocycles. The number of halogens is 1. The highest BCUT2D eigenvalue weighted by atomic mass is 19.1. The molecule has 0 spiro atoms. The van der Waals surface area contributed by atoms with Gasteiger partial charge in [0.1, 0.15) is 6.10 Å². The van der Waals surface area contributed by atoms with E-state index in [1.165, 1.54) is 6.07 Å². The first-order valence-corrected chi connectivity index (χ1v) is 8.76. The quantitative estimate of drug-likeness (QED) is 0.827. The molecule has 138 valence electrons. The van der Waals surface area contributed by atoms with E-state index in [1.807, 2.05) is 4.90 Å². The smallest absolute Gasteiger partial charge is 0.250 e. The molecule has 0 radical (unpaired) electrons. The first-order chi connectivity index (χ1) is 12.2. The summed E-state index contributed by atoms with van der Waals surface area (Å²) in [5, 5.41) is 2.81. The molecule has 1 aromatic rings. The Balaban J connectivity index is 1.54. The number of rotatable bonds is 5. The molecule has 1 atom stereocenters. The minimum Gasteiger partial charge on any atom is -0.378 e. The maximum Gasteiger partial charge on any atom is 0.250 e. The third kappa shape index (κ3) is 4.65. The van der Waals surface area contributed by atoms with E-state index in [-0.39, 0.29) is 18.3 Å². The topological polar surface area (TPSA) is 66.9 Å². The fraction of sp³-hybridized carbons (Fsp3) is 0.647. The van der Waals surface area contributed by atoms with Crippen molar-refractivity contribution in [3.05, 3.63) is 23.6 Å². The summed E-state index contributed by atoms with van der Waals surface area (Å²) in [6.07, 6.45) is 1.13. The first-order valence-electron chi connectivity index (χ1n) is 8.76. The number of nitrogens with zero attached hydrogens (tertiary/aromatic N) is 3. The van der Waals surface area contributed by atoms with Crippen LogP contribution in [0.3, 0.4) is 0 Å². The Bertz CT molecular complexity index is 595. The van der Waals surface area contributed by atoms with Crippen LogP contribution in [0.25, 0.3) is 0 Å². The molecule has 0 bridgehead atoms. The third-order valence-corrected chi connectivity index (χ3v) is 4.55. The van der Waals surface area contributed by atoms with E-state index < -0.39 is 6.10 Å². The van der Waals surface area contributed by atoms with Crippen LogP contribution in [-0.4, -0.2) is 74.4 Å². The van der Waals surface area contributed by atoms with Gasteiger partial charge in [-0.25, -0.2) is 9.37 Å². The van der Waals surface area contributed by atoms with Crippen LogP contribution in [0.1, 0.15) is 12.5 Å². The second-order valence-corrected chi connectivity index (χ2v) is 6.22. The predicted octanol–water partition coefficient (Wildman–Crippen LogP) is 0.394. The second kappa shape index (κ2) is 8.55. The Kier molecular flexibility index (Phi) is 6.17. The van der Waals surface area contributed by atoms with E-state index in [0.717, 1.165) is 13.1 Å². The third-order valence-electron chi connectivity index (χ3n) is 4.55. The summed E-state index contributed by atoms with van der Waals surface area (Å²) in [6, 6.07) is 1.43. The number of carbonyl (C=O) groups is 1. The Morgan fingerprint density at radius 3 is 2.88 bits per heavy atom. The first kappa shape index (κ1) is 18.0. The van der Waals surface area contributed by atoms with Gasteiger partial charge >= 0.3 is 0 Å². The van der Waals surface area contributed by atoms with Crippen LogP contribution in [0.15, 0.2) is 12.3 Å². The molecule has 3 rings (SSSR count). The van der Waals surface area contributed by atoms with Crippen molar-refractivity contribution in [1.29, 1.82) is 0 Å². The number of anilines is 1. The van der Waals surface area contributed by atoms with Gasteiger partial charge in [0.15, 0.2) is 11.6 Å². The van der Waals surface area contributed by atoms with Crippen LogP contribution < -0.4 is 10.2 Å². The number of aromatic nitrogens is 1. The number of morpholine rings is 2. The molecule has 1 amide bonds. The van der Waals surface area contributed by atoms with Gasteiger partial charge in [0, 0.05) is 38.9 Å². The van der Waals surface area contributed by atoms with Gasteiger partial charge < -0.3 is 19.7 Å². The van der Waals surface area contributed by atoms with Crippen molar-refractivity contribution in [2.24, 2.45) is 0 Å². The molecule has 0 aromatic carbocycles. The average Bonchev–Trinajstić information content (AvgIpc) is 2.67. The SMILES string of the molecule is CCN1CCOC(C(=O)NCc2cnc(N3CCOCC3)c(F)c2)C1. The lowest BCUT2D eigenvalue weighted by Gasteiger charge is -2.31. The van der Waals surface area contributed by atoms with Gasteiger partial charge in [0.05, 0.1) is 19.8 Å². The fourth-order valence-electron chi connectivity index (χ4n) is 3.03. The summed E-state index contributed by atoms with van der Waals surface area (Å²) in [6.45, 7) is 7.60. The summed E-state index contributed by atoms with van der Waals surface area (Å²) < 4.78 is 25.1. The predicted molar refractivity (Wildman–Crippen MR) is 90.9 cm³/mol. The summed E-state index contributed by atoms with van der Waals surface area (Å²) in [4.78, 5) is 20.5. The monoisotopic (exact) mass is 352 g/mol. The molecule has 3 heterocycles. The number of pyridine rings is 1. The molecule has 25 heavy (non-hydrogen) atoms. The van der Waals surface area contributed by atoms with Gasteiger partial charge in [-0.05, 0) is 18.2 Å². The van der Waals surface area contributed by atoms with Crippen LogP contribution in [0.4, 0.5) is 10.2 Å². The van der Waals surface area contributed by atoms with Crippen LogP contribution in [0, 0.1) is 5.82 Å². The van der Waals surface area contributed by atoms with Crippen LogP contribution in [-0.2, 0) is 20.8 Å². The molecule has 0 aliphatic carbocycles. The minimum atomic E-state index is -0.473. The maximum absolute atomic E-state index is 14.3. The molecule has 2 aliphatic heterocycles. The molecule has 2 saturated heterocycles. The van der Waals surface area contributed by atoms with E-state index in [1.54, 1.807) is 6.20 Å². The number of likely N-dealkylation sites (N-methyl/N-ethyl adjacent to an activating group) is 1. The van der Waals surface area contributed by atoms with Crippen molar-refractivity contribution in [2.75, 3.05) is 57.4 Å². The van der Waals surface area contributed by atoms with Crippen molar-refractivity contribution >= 4 is 11.7 Å². The highest BCUT2D eigenvalue weighted by molar-refractivity contribution is 5.81. The Hall–Kier alpha value is -1.77. The van der Waals surface area contributed by atoms with Crippen molar-refractivity contribution in [2.45, 2.75) is 19.6 Å². The second-order valence-electron chi connectivity index (χ2n) is 6.22. The van der Waals surface area contributed by atoms with Crippen molar-refractivity contribution in [1.82, 2.24) is 15.2 Å². The molecular formula is C17H25FN4O3. The Labute approximate surface area is 147 Å². The normalized spacial score (nSPS) is 22.0. The van der Waals surface area contributed by atoms with E-state index >= 15 is 0 Å². The summed E-state index contributed by atoms with van der Waals surface area (Å²) in [7, 11) is 0. The van der Waals surface area contributed by atoms with E-state index in [0.29, 0.717) is 50.8 Å². The molecule has 1 N–H and O–H groups in total. The molecule has 1 unspecified atom stereocenters. The van der Waals surface area contributed by atoms with E-state index in [4.69, 9.17) is 9.47 Å². The number of nitrogens with one attached hydrogen (secondary N) is 1. The molecule has 8 heteroatoms. The van der Waals surface area contributed by atoms with Gasteiger partial charge in [0.25, 0.3) is 5.91 Å². The highest BCUT2D eigenvalue weighted by Crippen LogP contribution is 2.18. The number of amides is 1. The lowest BCUT2D eigenvalue weighted by atomic mass is 10.2. The zero-order valence-electron chi connectivity index (χ0n) is 14.5. The molecular weight excluding hydrogens is 327 g/mol. The van der Waals surface area contributed by atoms with Crippen LogP contribution in [0.5, 0.6) is 0 Å². The van der Waals surface area contributed by atoms with Crippen molar-refractivity contribution in [3.63, 3.8) is 0 Å². The summed E-state index contributed by atoms with van der Waals surface area (Å²) >= 11 is 0. The highest BCUT2D eigenvalue weighted by Gasteiger charge is 2.25. The Morgan fingerprint density at radius 1 is 1.36 bits per heavy atom. The average molecular weight is 352 g/mol. The van der Waals surface area contributed by atoms with Crippen molar-refractivity contribution < 1.29 is 18.7 Å². The van der Waals surface area contributed by atoms with Gasteiger partial charge in [-0.2, -0.15) is 0 Å². The summed E-state index contributed by atoms with van der Waals surface area (Å²) in [5.41, 5.74) is 0.631. The number of hydrogen-bond donors (Lipinski definition) is 1. The number of hydrogen-bond acceptors (Lipinski definition) is 6. The molecule has 0 saturated carbocycles.